The Labute approximate surface area is 108 Å². The number of hydrogen-bond acceptors (Lipinski definition) is 2. The van der Waals surface area contributed by atoms with Crippen LogP contribution in [0, 0.1) is 5.82 Å². The lowest BCUT2D eigenvalue weighted by molar-refractivity contribution is -0.141. The van der Waals surface area contributed by atoms with Crippen LogP contribution in [0.15, 0.2) is 18.2 Å². The third-order valence-electron chi connectivity index (χ3n) is 2.43. The van der Waals surface area contributed by atoms with Crippen molar-refractivity contribution in [2.24, 2.45) is 0 Å². The summed E-state index contributed by atoms with van der Waals surface area (Å²) in [6.45, 7) is 1.37. The highest BCUT2D eigenvalue weighted by atomic mass is 35.5. The Morgan fingerprint density at radius 2 is 2.11 bits per heavy atom. The first-order valence-electron chi connectivity index (χ1n) is 5.04. The van der Waals surface area contributed by atoms with Crippen LogP contribution in [-0.2, 0) is 4.79 Å². The second-order valence-electron chi connectivity index (χ2n) is 3.68. The predicted octanol–water partition coefficient (Wildman–Crippen LogP) is 2.42. The molecule has 0 aliphatic carbocycles. The van der Waals surface area contributed by atoms with E-state index in [4.69, 9.17) is 16.7 Å². The second-order valence-corrected chi connectivity index (χ2v) is 4.09. The van der Waals surface area contributed by atoms with Crippen molar-refractivity contribution in [3.63, 3.8) is 0 Å². The largest absolute Gasteiger partial charge is 0.480 e. The number of aliphatic carboxylic acids is 1. The summed E-state index contributed by atoms with van der Waals surface area (Å²) in [4.78, 5) is 23.4. The quantitative estimate of drug-likeness (QED) is 0.889. The Bertz CT molecular complexity index is 481. The number of rotatable bonds is 3. The van der Waals surface area contributed by atoms with Gasteiger partial charge in [0.1, 0.15) is 11.9 Å². The summed E-state index contributed by atoms with van der Waals surface area (Å²) in [6, 6.07) is 1.87. The Hall–Kier alpha value is -1.82. The van der Waals surface area contributed by atoms with Gasteiger partial charge in [-0.2, -0.15) is 0 Å². The van der Waals surface area contributed by atoms with Crippen molar-refractivity contribution >= 4 is 29.3 Å². The van der Waals surface area contributed by atoms with Gasteiger partial charge in [0, 0.05) is 7.05 Å². The fourth-order valence-corrected chi connectivity index (χ4v) is 1.35. The molecule has 0 saturated carbocycles. The lowest BCUT2D eigenvalue weighted by Gasteiger charge is -2.22. The number of nitrogens with one attached hydrogen (secondary N) is 1. The third kappa shape index (κ3) is 3.33. The van der Waals surface area contributed by atoms with E-state index in [1.54, 1.807) is 0 Å². The van der Waals surface area contributed by atoms with Gasteiger partial charge in [-0.3, -0.25) is 0 Å². The molecule has 0 saturated heterocycles. The SMILES string of the molecule is CC(C(=O)O)N(C)C(=O)Nc1ccc(F)cc1Cl. The molecule has 0 heterocycles. The number of carbonyl (C=O) groups is 2. The van der Waals surface area contributed by atoms with Crippen molar-refractivity contribution in [3.8, 4) is 0 Å². The summed E-state index contributed by atoms with van der Waals surface area (Å²) in [5, 5.41) is 11.2. The van der Waals surface area contributed by atoms with Crippen LogP contribution in [0.25, 0.3) is 0 Å². The van der Waals surface area contributed by atoms with E-state index < -0.39 is 23.9 Å². The van der Waals surface area contributed by atoms with Gasteiger partial charge < -0.3 is 15.3 Å². The summed E-state index contributed by atoms with van der Waals surface area (Å²) < 4.78 is 12.8. The molecule has 0 aromatic heterocycles. The zero-order valence-corrected chi connectivity index (χ0v) is 10.5. The number of amides is 2. The normalized spacial score (nSPS) is 11.8. The lowest BCUT2D eigenvalue weighted by atomic mass is 10.3. The highest BCUT2D eigenvalue weighted by Gasteiger charge is 2.22. The van der Waals surface area contributed by atoms with Gasteiger partial charge in [0.15, 0.2) is 0 Å². The zero-order valence-electron chi connectivity index (χ0n) is 9.78. The van der Waals surface area contributed by atoms with Crippen LogP contribution >= 0.6 is 11.6 Å². The molecule has 0 fully saturated rings. The number of urea groups is 1. The number of carbonyl (C=O) groups excluding carboxylic acids is 1. The number of halogens is 2. The van der Waals surface area contributed by atoms with Gasteiger partial charge in [0.25, 0.3) is 0 Å². The monoisotopic (exact) mass is 274 g/mol. The van der Waals surface area contributed by atoms with Gasteiger partial charge in [0.05, 0.1) is 10.7 Å². The maximum absolute atomic E-state index is 12.8. The average molecular weight is 275 g/mol. The maximum atomic E-state index is 12.8. The first-order valence-corrected chi connectivity index (χ1v) is 5.42. The average Bonchev–Trinajstić information content (AvgIpc) is 2.30. The topological polar surface area (TPSA) is 69.6 Å². The van der Waals surface area contributed by atoms with Crippen LogP contribution < -0.4 is 5.32 Å². The predicted molar refractivity (Wildman–Crippen MR) is 65.3 cm³/mol. The molecule has 1 atom stereocenters. The molecule has 7 heteroatoms. The first kappa shape index (κ1) is 14.2. The number of anilines is 1. The van der Waals surface area contributed by atoms with Crippen molar-refractivity contribution in [2.45, 2.75) is 13.0 Å². The highest BCUT2D eigenvalue weighted by Crippen LogP contribution is 2.22. The number of nitrogens with zero attached hydrogens (tertiary/aromatic N) is 1. The van der Waals surface area contributed by atoms with Gasteiger partial charge in [-0.25, -0.2) is 14.0 Å². The molecule has 0 spiro atoms. The van der Waals surface area contributed by atoms with E-state index in [1.165, 1.54) is 20.0 Å². The molecule has 0 aliphatic rings. The third-order valence-corrected chi connectivity index (χ3v) is 2.74. The second kappa shape index (κ2) is 5.68. The van der Waals surface area contributed by atoms with E-state index in [-0.39, 0.29) is 10.7 Å². The Balaban J connectivity index is 2.78. The molecule has 5 nitrogen and oxygen atoms in total. The van der Waals surface area contributed by atoms with Gasteiger partial charge in [-0.1, -0.05) is 11.6 Å². The zero-order chi connectivity index (χ0) is 13.9. The molecule has 0 radical (unpaired) electrons. The molecule has 0 bridgehead atoms. The summed E-state index contributed by atoms with van der Waals surface area (Å²) >= 11 is 5.73. The van der Waals surface area contributed by atoms with Crippen LogP contribution in [0.1, 0.15) is 6.92 Å². The van der Waals surface area contributed by atoms with Crippen LogP contribution in [-0.4, -0.2) is 35.1 Å². The van der Waals surface area contributed by atoms with Crippen LogP contribution in [0.4, 0.5) is 14.9 Å². The van der Waals surface area contributed by atoms with Gasteiger partial charge in [-0.15, -0.1) is 0 Å². The number of likely N-dealkylation sites (N-methyl/N-ethyl adjacent to an activating group) is 1. The number of carboxylic acids is 1. The molecule has 1 unspecified atom stereocenters. The van der Waals surface area contributed by atoms with Gasteiger partial charge >= 0.3 is 12.0 Å². The van der Waals surface area contributed by atoms with E-state index in [0.717, 1.165) is 17.0 Å². The molecule has 1 rings (SSSR count). The van der Waals surface area contributed by atoms with E-state index in [1.807, 2.05) is 0 Å². The molecular formula is C11H12ClFN2O3. The number of carboxylic acid groups (broad SMARTS) is 1. The van der Waals surface area contributed by atoms with Crippen LogP contribution in [0.3, 0.4) is 0 Å². The standard InChI is InChI=1S/C11H12ClFN2O3/c1-6(10(16)17)15(2)11(18)14-9-4-3-7(13)5-8(9)12/h3-6H,1-2H3,(H,14,18)(H,16,17). The maximum Gasteiger partial charge on any atom is 0.326 e. The molecule has 98 valence electrons. The van der Waals surface area contributed by atoms with E-state index in [9.17, 15) is 14.0 Å². The Morgan fingerprint density at radius 1 is 1.50 bits per heavy atom. The van der Waals surface area contributed by atoms with Gasteiger partial charge in [0.2, 0.25) is 0 Å². The van der Waals surface area contributed by atoms with E-state index >= 15 is 0 Å². The fraction of sp³-hybridized carbons (Fsp3) is 0.273. The molecule has 1 aromatic rings. The Morgan fingerprint density at radius 3 is 2.61 bits per heavy atom. The van der Waals surface area contributed by atoms with Gasteiger partial charge in [-0.05, 0) is 25.1 Å². The van der Waals surface area contributed by atoms with Crippen molar-refractivity contribution in [1.29, 1.82) is 0 Å². The summed E-state index contributed by atoms with van der Waals surface area (Å²) in [5.74, 6) is -1.65. The minimum absolute atomic E-state index is 0.0414. The molecule has 2 N–H and O–H groups in total. The summed E-state index contributed by atoms with van der Waals surface area (Å²) in [6.07, 6.45) is 0. The van der Waals surface area contributed by atoms with Crippen molar-refractivity contribution < 1.29 is 19.1 Å². The number of benzene rings is 1. The molecule has 18 heavy (non-hydrogen) atoms. The molecule has 2 amide bonds. The number of hydrogen-bond donors (Lipinski definition) is 2. The van der Waals surface area contributed by atoms with Crippen LogP contribution in [0.2, 0.25) is 5.02 Å². The van der Waals surface area contributed by atoms with Crippen molar-refractivity contribution in [2.75, 3.05) is 12.4 Å². The van der Waals surface area contributed by atoms with Crippen molar-refractivity contribution in [1.82, 2.24) is 4.90 Å². The Kier molecular flexibility index (Phi) is 4.49. The molecule has 1 aromatic carbocycles. The summed E-state index contributed by atoms with van der Waals surface area (Å²) in [5.41, 5.74) is 0.215. The highest BCUT2D eigenvalue weighted by molar-refractivity contribution is 6.33. The minimum atomic E-state index is -1.13. The smallest absolute Gasteiger partial charge is 0.326 e. The van der Waals surface area contributed by atoms with E-state index in [0.29, 0.717) is 0 Å². The minimum Gasteiger partial charge on any atom is -0.480 e. The summed E-state index contributed by atoms with van der Waals surface area (Å²) in [7, 11) is 1.34. The molecular weight excluding hydrogens is 263 g/mol. The van der Waals surface area contributed by atoms with Crippen molar-refractivity contribution in [3.05, 3.63) is 29.0 Å². The van der Waals surface area contributed by atoms with Crippen LogP contribution in [0.5, 0.6) is 0 Å². The van der Waals surface area contributed by atoms with E-state index in [2.05, 4.69) is 5.32 Å². The lowest BCUT2D eigenvalue weighted by Crippen LogP contribution is -2.42. The molecule has 0 aliphatic heterocycles. The fourth-order valence-electron chi connectivity index (χ4n) is 1.14. The first-order chi connectivity index (χ1) is 8.32.